The quantitative estimate of drug-likeness (QED) is 0.198. The van der Waals surface area contributed by atoms with Gasteiger partial charge in [0.05, 0.1) is 30.0 Å². The van der Waals surface area contributed by atoms with Gasteiger partial charge in [0.2, 0.25) is 5.95 Å². The summed E-state index contributed by atoms with van der Waals surface area (Å²) in [7, 11) is 3.23. The maximum Gasteiger partial charge on any atom is 0.410 e. The molecule has 0 saturated carbocycles. The minimum Gasteiger partial charge on any atom is -0.493 e. The molecule has 1 aliphatic rings. The monoisotopic (exact) mass is 639 g/mol. The van der Waals surface area contributed by atoms with Crippen molar-refractivity contribution in [3.8, 4) is 22.8 Å². The van der Waals surface area contributed by atoms with E-state index >= 15 is 0 Å². The fourth-order valence-corrected chi connectivity index (χ4v) is 6.17. The van der Waals surface area contributed by atoms with Crippen molar-refractivity contribution >= 4 is 46.3 Å². The molecule has 4 aromatic rings. The molecule has 1 saturated heterocycles. The fourth-order valence-electron chi connectivity index (χ4n) is 5.58. The highest BCUT2D eigenvalue weighted by Crippen LogP contribution is 2.38. The second kappa shape index (κ2) is 13.5. The number of hydrogen-bond donors (Lipinski definition) is 1. The van der Waals surface area contributed by atoms with E-state index in [9.17, 15) is 4.79 Å². The molecule has 2 aromatic carbocycles. The highest BCUT2D eigenvalue weighted by atomic mass is 35.5. The summed E-state index contributed by atoms with van der Waals surface area (Å²) in [6.45, 7) is 8.21. The Balaban J connectivity index is 1.41. The zero-order chi connectivity index (χ0) is 31.4. The van der Waals surface area contributed by atoms with Crippen LogP contribution in [-0.2, 0) is 17.8 Å². The molecule has 44 heavy (non-hydrogen) atoms. The summed E-state index contributed by atoms with van der Waals surface area (Å²) in [6.07, 6.45) is 4.38. The topological polar surface area (TPSA) is 90.7 Å². The van der Waals surface area contributed by atoms with Gasteiger partial charge in [-0.3, -0.25) is 0 Å². The third-order valence-electron chi connectivity index (χ3n) is 7.68. The molecule has 1 amide bonds. The number of fused-ring (bicyclic) bond motifs is 1. The molecule has 234 valence electrons. The summed E-state index contributed by atoms with van der Waals surface area (Å²) in [5.41, 5.74) is 2.88. The highest BCUT2D eigenvalue weighted by molar-refractivity contribution is 6.39. The van der Waals surface area contributed by atoms with Crippen LogP contribution in [0.4, 0.5) is 10.7 Å². The van der Waals surface area contributed by atoms with Gasteiger partial charge < -0.3 is 29.0 Å². The van der Waals surface area contributed by atoms with Gasteiger partial charge in [-0.15, -0.1) is 0 Å². The number of carbonyl (C=O) groups excluding carboxylic acids is 1. The maximum atomic E-state index is 12.8. The Bertz CT molecular complexity index is 1610. The van der Waals surface area contributed by atoms with E-state index < -0.39 is 5.60 Å². The minimum atomic E-state index is -0.526. The first kappa shape index (κ1) is 31.7. The Kier molecular flexibility index (Phi) is 9.75. The smallest absolute Gasteiger partial charge is 0.410 e. The van der Waals surface area contributed by atoms with Crippen molar-refractivity contribution in [2.75, 3.05) is 32.6 Å². The third kappa shape index (κ3) is 7.33. The number of carbonyl (C=O) groups is 1. The van der Waals surface area contributed by atoms with Gasteiger partial charge in [0, 0.05) is 43.3 Å². The second-order valence-corrected chi connectivity index (χ2v) is 12.8. The molecule has 0 radical (unpaired) electrons. The number of nitrogens with zero attached hydrogens (tertiary/aromatic N) is 4. The number of rotatable bonds is 9. The van der Waals surface area contributed by atoms with E-state index in [0.717, 1.165) is 47.1 Å². The van der Waals surface area contributed by atoms with Gasteiger partial charge in [0.15, 0.2) is 11.5 Å². The number of amides is 1. The predicted octanol–water partition coefficient (Wildman–Crippen LogP) is 8.07. The van der Waals surface area contributed by atoms with Crippen molar-refractivity contribution < 1.29 is 19.0 Å². The second-order valence-electron chi connectivity index (χ2n) is 12.0. The van der Waals surface area contributed by atoms with Crippen molar-refractivity contribution in [3.63, 3.8) is 0 Å². The Hall–Kier alpha value is -3.69. The van der Waals surface area contributed by atoms with Gasteiger partial charge in [-0.25, -0.2) is 9.78 Å². The number of halogens is 2. The maximum absolute atomic E-state index is 12.8. The molecule has 0 bridgehead atoms. The molecule has 1 fully saturated rings. The number of likely N-dealkylation sites (tertiary alicyclic amines) is 1. The zero-order valence-corrected chi connectivity index (χ0v) is 27.3. The van der Waals surface area contributed by atoms with Crippen LogP contribution in [0.1, 0.15) is 45.6 Å². The van der Waals surface area contributed by atoms with Gasteiger partial charge in [-0.05, 0) is 81.8 Å². The third-order valence-corrected chi connectivity index (χ3v) is 8.31. The van der Waals surface area contributed by atoms with Crippen LogP contribution in [0.25, 0.3) is 22.3 Å². The van der Waals surface area contributed by atoms with Crippen LogP contribution in [0.5, 0.6) is 11.5 Å². The lowest BCUT2D eigenvalue weighted by molar-refractivity contribution is 0.0160. The van der Waals surface area contributed by atoms with Crippen LogP contribution in [0.15, 0.2) is 48.7 Å². The molecule has 3 heterocycles. The van der Waals surface area contributed by atoms with Crippen LogP contribution in [0.3, 0.4) is 0 Å². The number of nitrogens with one attached hydrogen (secondary N) is 1. The van der Waals surface area contributed by atoms with Crippen LogP contribution in [-0.4, -0.2) is 58.4 Å². The highest BCUT2D eigenvalue weighted by Gasteiger charge is 2.28. The van der Waals surface area contributed by atoms with Crippen LogP contribution in [0, 0.1) is 5.92 Å². The number of hydrogen-bond acceptors (Lipinski definition) is 7. The molecule has 2 aromatic heterocycles. The largest absolute Gasteiger partial charge is 0.493 e. The van der Waals surface area contributed by atoms with Gasteiger partial charge in [-0.1, -0.05) is 35.3 Å². The Labute approximate surface area is 268 Å². The molecule has 1 aliphatic heterocycles. The van der Waals surface area contributed by atoms with Gasteiger partial charge >= 0.3 is 6.09 Å². The van der Waals surface area contributed by atoms with E-state index in [2.05, 4.69) is 14.9 Å². The number of anilines is 1. The van der Waals surface area contributed by atoms with Crippen molar-refractivity contribution in [1.29, 1.82) is 0 Å². The van der Waals surface area contributed by atoms with Gasteiger partial charge in [-0.2, -0.15) is 4.98 Å². The molecule has 9 nitrogen and oxygen atoms in total. The average Bonchev–Trinajstić information content (AvgIpc) is 3.35. The molecule has 0 aliphatic carbocycles. The first-order valence-electron chi connectivity index (χ1n) is 14.8. The van der Waals surface area contributed by atoms with E-state index in [1.807, 2.05) is 74.3 Å². The van der Waals surface area contributed by atoms with Crippen molar-refractivity contribution in [2.45, 2.75) is 58.7 Å². The van der Waals surface area contributed by atoms with Crippen LogP contribution in [0.2, 0.25) is 10.0 Å². The summed E-state index contributed by atoms with van der Waals surface area (Å²) in [6, 6.07) is 13.3. The first-order valence-corrected chi connectivity index (χ1v) is 15.5. The van der Waals surface area contributed by atoms with E-state index in [-0.39, 0.29) is 6.09 Å². The Morgan fingerprint density at radius 1 is 1.07 bits per heavy atom. The van der Waals surface area contributed by atoms with Crippen molar-refractivity contribution in [3.05, 3.63) is 64.3 Å². The van der Waals surface area contributed by atoms with E-state index in [4.69, 9.17) is 42.4 Å². The molecule has 0 unspecified atom stereocenters. The zero-order valence-electron chi connectivity index (χ0n) is 25.8. The summed E-state index contributed by atoms with van der Waals surface area (Å²) in [5.74, 6) is 2.14. The fraction of sp³-hybridized carbons (Fsp3) is 0.424. The molecule has 5 rings (SSSR count). The summed E-state index contributed by atoms with van der Waals surface area (Å²) in [5, 5.41) is 5.35. The molecular formula is C33H39Cl2N5O4. The number of ether oxygens (including phenoxy) is 3. The van der Waals surface area contributed by atoms with E-state index in [1.165, 1.54) is 0 Å². The first-order chi connectivity index (χ1) is 21.1. The lowest BCUT2D eigenvalue weighted by Crippen LogP contribution is -2.43. The van der Waals surface area contributed by atoms with Gasteiger partial charge in [0.1, 0.15) is 11.2 Å². The number of aromatic nitrogens is 3. The van der Waals surface area contributed by atoms with Crippen LogP contribution >= 0.6 is 23.2 Å². The van der Waals surface area contributed by atoms with Crippen molar-refractivity contribution in [1.82, 2.24) is 19.4 Å². The summed E-state index contributed by atoms with van der Waals surface area (Å²) in [4.78, 5) is 24.1. The van der Waals surface area contributed by atoms with E-state index in [1.54, 1.807) is 14.2 Å². The lowest BCUT2D eigenvalue weighted by atomic mass is 9.95. The normalized spacial score (nSPS) is 15.3. The van der Waals surface area contributed by atoms with E-state index in [0.29, 0.717) is 59.6 Å². The molecule has 11 heteroatoms. The Morgan fingerprint density at radius 2 is 1.82 bits per heavy atom. The standard InChI is InChI=1S/C33H39Cl2N5O4/c1-33(2,3)44-32(41)39-14-7-8-21(20-39)13-15-40-26(29-24(34)9-6-10-25(29)35)17-23-19-37-31(38-30(23)40)36-18-22-11-12-27(42-4)28(16-22)43-5/h6,9-12,16-17,19,21H,7-8,13-15,18,20H2,1-5H3,(H,36,37,38)/t21-/m0/s1. The lowest BCUT2D eigenvalue weighted by Gasteiger charge is -2.34. The van der Waals surface area contributed by atoms with Gasteiger partial charge in [0.25, 0.3) is 0 Å². The Morgan fingerprint density at radius 3 is 2.52 bits per heavy atom. The minimum absolute atomic E-state index is 0.255. The summed E-state index contributed by atoms with van der Waals surface area (Å²) < 4.78 is 18.6. The number of methoxy groups -OCH3 is 2. The molecule has 0 spiro atoms. The summed E-state index contributed by atoms with van der Waals surface area (Å²) >= 11 is 13.4. The number of benzene rings is 2. The predicted molar refractivity (Wildman–Crippen MR) is 175 cm³/mol. The van der Waals surface area contributed by atoms with Crippen LogP contribution < -0.4 is 14.8 Å². The number of aryl methyl sites for hydroxylation is 1. The average molecular weight is 641 g/mol. The molecule has 1 atom stereocenters. The molecule has 1 N–H and O–H groups in total. The number of piperidine rings is 1. The van der Waals surface area contributed by atoms with Crippen molar-refractivity contribution in [2.24, 2.45) is 5.92 Å². The SMILES string of the molecule is COc1ccc(CNc2ncc3cc(-c4c(Cl)cccc4Cl)n(CC[C@@H]4CCCN(C(=O)OC(C)(C)C)C4)c3n2)cc1OC. The molecular weight excluding hydrogens is 601 g/mol.